The molecule has 0 aliphatic rings. The summed E-state index contributed by atoms with van der Waals surface area (Å²) in [5.74, 6) is 2.58. The van der Waals surface area contributed by atoms with Crippen LogP contribution < -0.4 is 10.2 Å². The van der Waals surface area contributed by atoms with Gasteiger partial charge in [-0.2, -0.15) is 0 Å². The van der Waals surface area contributed by atoms with Crippen LogP contribution in [-0.4, -0.2) is 28.0 Å². The first-order valence-electron chi connectivity index (χ1n) is 7.39. The van der Waals surface area contributed by atoms with Gasteiger partial charge in [0.1, 0.15) is 17.5 Å². The highest BCUT2D eigenvalue weighted by molar-refractivity contribution is 5.49. The zero-order valence-electron chi connectivity index (χ0n) is 13.2. The van der Waals surface area contributed by atoms with Gasteiger partial charge >= 0.3 is 0 Å². The second-order valence-corrected chi connectivity index (χ2v) is 4.97. The molecule has 0 atom stereocenters. The topological polar surface area (TPSA) is 53.9 Å². The minimum atomic E-state index is 0.750. The fourth-order valence-corrected chi connectivity index (χ4v) is 2.22. The smallest absolute Gasteiger partial charge is 0.134 e. The Labute approximate surface area is 126 Å². The highest BCUT2D eigenvalue weighted by Crippen LogP contribution is 2.17. The number of hydrogen-bond acceptors (Lipinski definition) is 5. The minimum absolute atomic E-state index is 0.750. The van der Waals surface area contributed by atoms with Crippen molar-refractivity contribution in [2.45, 2.75) is 34.2 Å². The van der Waals surface area contributed by atoms with Gasteiger partial charge in [-0.25, -0.2) is 9.97 Å². The molecule has 0 aliphatic heterocycles. The van der Waals surface area contributed by atoms with E-state index < -0.39 is 0 Å². The summed E-state index contributed by atoms with van der Waals surface area (Å²) in [5.41, 5.74) is 2.09. The Balaban J connectivity index is 2.24. The minimum Gasteiger partial charge on any atom is -0.370 e. The lowest BCUT2D eigenvalue weighted by Crippen LogP contribution is -2.24. The van der Waals surface area contributed by atoms with Gasteiger partial charge < -0.3 is 10.2 Å². The molecule has 5 nitrogen and oxygen atoms in total. The zero-order valence-corrected chi connectivity index (χ0v) is 13.2. The Bertz CT molecular complexity index is 597. The van der Waals surface area contributed by atoms with E-state index in [0.29, 0.717) is 0 Å². The number of aryl methyl sites for hydroxylation is 2. The molecule has 0 bridgehead atoms. The van der Waals surface area contributed by atoms with Crippen molar-refractivity contribution in [1.29, 1.82) is 0 Å². The number of pyridine rings is 1. The van der Waals surface area contributed by atoms with E-state index in [-0.39, 0.29) is 0 Å². The van der Waals surface area contributed by atoms with Crippen LogP contribution in [0.1, 0.15) is 31.1 Å². The number of rotatable bonds is 6. The molecule has 2 aromatic heterocycles. The first-order valence-corrected chi connectivity index (χ1v) is 7.39. The second kappa shape index (κ2) is 7.02. The van der Waals surface area contributed by atoms with Crippen LogP contribution in [-0.2, 0) is 6.54 Å². The monoisotopic (exact) mass is 285 g/mol. The molecule has 0 saturated carbocycles. The maximum atomic E-state index is 4.57. The van der Waals surface area contributed by atoms with E-state index in [2.05, 4.69) is 45.1 Å². The van der Waals surface area contributed by atoms with E-state index >= 15 is 0 Å². The molecule has 0 spiro atoms. The van der Waals surface area contributed by atoms with Crippen molar-refractivity contribution in [1.82, 2.24) is 15.0 Å². The molecule has 0 saturated heterocycles. The highest BCUT2D eigenvalue weighted by atomic mass is 15.2. The molecule has 112 valence electrons. The molecule has 2 rings (SSSR count). The predicted molar refractivity (Wildman–Crippen MR) is 86.6 cm³/mol. The van der Waals surface area contributed by atoms with Gasteiger partial charge in [-0.1, -0.05) is 6.07 Å². The molecule has 0 radical (unpaired) electrons. The SMILES string of the molecule is CCNc1cc(N(CC)Cc2cccc(C)n2)nc(C)n1. The van der Waals surface area contributed by atoms with E-state index in [1.165, 1.54) is 0 Å². The highest BCUT2D eigenvalue weighted by Gasteiger charge is 2.10. The summed E-state index contributed by atoms with van der Waals surface area (Å²) in [5, 5.41) is 3.25. The van der Waals surface area contributed by atoms with Gasteiger partial charge in [0.15, 0.2) is 0 Å². The lowest BCUT2D eigenvalue weighted by molar-refractivity contribution is 0.783. The molecule has 1 N–H and O–H groups in total. The number of anilines is 2. The molecular weight excluding hydrogens is 262 g/mol. The van der Waals surface area contributed by atoms with Crippen molar-refractivity contribution in [3.05, 3.63) is 41.5 Å². The summed E-state index contributed by atoms with van der Waals surface area (Å²) in [4.78, 5) is 15.7. The van der Waals surface area contributed by atoms with Crippen LogP contribution in [0.3, 0.4) is 0 Å². The van der Waals surface area contributed by atoms with Crippen molar-refractivity contribution >= 4 is 11.6 Å². The molecule has 21 heavy (non-hydrogen) atoms. The Morgan fingerprint density at radius 1 is 1.10 bits per heavy atom. The van der Waals surface area contributed by atoms with Gasteiger partial charge in [0.25, 0.3) is 0 Å². The lowest BCUT2D eigenvalue weighted by atomic mass is 10.3. The third-order valence-corrected chi connectivity index (χ3v) is 3.19. The number of nitrogens with one attached hydrogen (secondary N) is 1. The Hall–Kier alpha value is -2.17. The normalized spacial score (nSPS) is 10.5. The fraction of sp³-hybridized carbons (Fsp3) is 0.438. The number of aromatic nitrogens is 3. The van der Waals surface area contributed by atoms with E-state index in [1.807, 2.05) is 32.0 Å². The summed E-state index contributed by atoms with van der Waals surface area (Å²) in [6, 6.07) is 8.10. The van der Waals surface area contributed by atoms with E-state index in [0.717, 1.165) is 48.5 Å². The molecule has 0 fully saturated rings. The second-order valence-electron chi connectivity index (χ2n) is 4.97. The standard InChI is InChI=1S/C16H23N5/c1-5-17-15-10-16(20-13(4)19-15)21(6-2)11-14-9-7-8-12(3)18-14/h7-10H,5-6,11H2,1-4H3,(H,17,19,20). The van der Waals surface area contributed by atoms with Crippen LogP contribution in [0.25, 0.3) is 0 Å². The zero-order chi connectivity index (χ0) is 15.2. The van der Waals surface area contributed by atoms with Gasteiger partial charge in [-0.05, 0) is 39.8 Å². The van der Waals surface area contributed by atoms with Gasteiger partial charge in [-0.15, -0.1) is 0 Å². The van der Waals surface area contributed by atoms with Gasteiger partial charge in [-0.3, -0.25) is 4.98 Å². The van der Waals surface area contributed by atoms with Gasteiger partial charge in [0.05, 0.1) is 12.2 Å². The van der Waals surface area contributed by atoms with Crippen LogP contribution in [0.5, 0.6) is 0 Å². The average molecular weight is 285 g/mol. The molecule has 0 unspecified atom stereocenters. The van der Waals surface area contributed by atoms with Crippen molar-refractivity contribution in [2.75, 3.05) is 23.3 Å². The molecular formula is C16H23N5. The maximum absolute atomic E-state index is 4.57. The maximum Gasteiger partial charge on any atom is 0.134 e. The first-order chi connectivity index (χ1) is 10.1. The van der Waals surface area contributed by atoms with E-state index in [1.54, 1.807) is 0 Å². The largest absolute Gasteiger partial charge is 0.370 e. The molecule has 0 amide bonds. The third kappa shape index (κ3) is 4.15. The number of nitrogens with zero attached hydrogens (tertiary/aromatic N) is 4. The van der Waals surface area contributed by atoms with Gasteiger partial charge in [0.2, 0.25) is 0 Å². The van der Waals surface area contributed by atoms with Crippen LogP contribution >= 0.6 is 0 Å². The van der Waals surface area contributed by atoms with E-state index in [9.17, 15) is 0 Å². The van der Waals surface area contributed by atoms with Crippen molar-refractivity contribution in [3.63, 3.8) is 0 Å². The van der Waals surface area contributed by atoms with Gasteiger partial charge in [0, 0.05) is 24.8 Å². The van der Waals surface area contributed by atoms with Crippen LogP contribution in [0.15, 0.2) is 24.3 Å². The lowest BCUT2D eigenvalue weighted by Gasteiger charge is -2.22. The third-order valence-electron chi connectivity index (χ3n) is 3.19. The van der Waals surface area contributed by atoms with Crippen molar-refractivity contribution in [2.24, 2.45) is 0 Å². The molecule has 2 aromatic rings. The van der Waals surface area contributed by atoms with Crippen LogP contribution in [0.4, 0.5) is 11.6 Å². The predicted octanol–water partition coefficient (Wildman–Crippen LogP) is 2.95. The van der Waals surface area contributed by atoms with E-state index in [4.69, 9.17) is 0 Å². The van der Waals surface area contributed by atoms with Crippen molar-refractivity contribution < 1.29 is 0 Å². The summed E-state index contributed by atoms with van der Waals surface area (Å²) in [6.45, 7) is 10.6. The fourth-order valence-electron chi connectivity index (χ4n) is 2.22. The molecule has 0 aliphatic carbocycles. The Morgan fingerprint density at radius 2 is 1.90 bits per heavy atom. The average Bonchev–Trinajstić information content (AvgIpc) is 2.44. The first kappa shape index (κ1) is 15.2. The summed E-state index contributed by atoms with van der Waals surface area (Å²) in [7, 11) is 0. The Kier molecular flexibility index (Phi) is 5.09. The quantitative estimate of drug-likeness (QED) is 0.884. The summed E-state index contributed by atoms with van der Waals surface area (Å²) >= 11 is 0. The molecule has 5 heteroatoms. The molecule has 2 heterocycles. The Morgan fingerprint density at radius 3 is 2.57 bits per heavy atom. The van der Waals surface area contributed by atoms with Crippen molar-refractivity contribution in [3.8, 4) is 0 Å². The summed E-state index contributed by atoms with van der Waals surface area (Å²) in [6.07, 6.45) is 0. The molecule has 0 aromatic carbocycles. The van der Waals surface area contributed by atoms with Crippen LogP contribution in [0, 0.1) is 13.8 Å². The number of hydrogen-bond donors (Lipinski definition) is 1. The van der Waals surface area contributed by atoms with Crippen LogP contribution in [0.2, 0.25) is 0 Å². The summed E-state index contributed by atoms with van der Waals surface area (Å²) < 4.78 is 0.